The fourth-order valence-electron chi connectivity index (χ4n) is 2.71. The Labute approximate surface area is 174 Å². The topological polar surface area (TPSA) is 64.1 Å². The molecule has 0 saturated carbocycles. The highest BCUT2D eigenvalue weighted by atomic mass is 127. The lowest BCUT2D eigenvalue weighted by Crippen LogP contribution is -2.39. The average Bonchev–Trinajstić information content (AvgIpc) is 3.06. The summed E-state index contributed by atoms with van der Waals surface area (Å²) in [5, 5.41) is 6.62. The predicted octanol–water partition coefficient (Wildman–Crippen LogP) is 3.21. The molecule has 0 aromatic heterocycles. The second-order valence-corrected chi connectivity index (χ2v) is 6.40. The lowest BCUT2D eigenvalue weighted by Gasteiger charge is -2.21. The van der Waals surface area contributed by atoms with Crippen LogP contribution in [-0.4, -0.2) is 51.5 Å². The minimum Gasteiger partial charge on any atom is -0.497 e. The van der Waals surface area contributed by atoms with Crippen LogP contribution in [0.1, 0.15) is 33.1 Å². The van der Waals surface area contributed by atoms with Gasteiger partial charge in [0.15, 0.2) is 5.96 Å². The molecule has 2 rings (SSSR count). The van der Waals surface area contributed by atoms with Gasteiger partial charge in [0.1, 0.15) is 11.5 Å². The zero-order chi connectivity index (χ0) is 18.0. The number of hydrogen-bond acceptors (Lipinski definition) is 4. The van der Waals surface area contributed by atoms with E-state index in [4.69, 9.17) is 14.2 Å². The van der Waals surface area contributed by atoms with E-state index < -0.39 is 0 Å². The number of benzene rings is 1. The number of methoxy groups -OCH3 is 1. The summed E-state index contributed by atoms with van der Waals surface area (Å²) in [6, 6.07) is 7.65. The van der Waals surface area contributed by atoms with Crippen LogP contribution in [0, 0.1) is 0 Å². The number of hydrogen-bond donors (Lipinski definition) is 2. The molecular formula is C19H32IN3O3. The van der Waals surface area contributed by atoms with Crippen molar-refractivity contribution in [2.45, 2.75) is 38.7 Å². The van der Waals surface area contributed by atoms with Gasteiger partial charge in [0.25, 0.3) is 0 Å². The van der Waals surface area contributed by atoms with E-state index in [1.807, 2.05) is 24.3 Å². The molecule has 0 spiro atoms. The molecule has 0 radical (unpaired) electrons. The molecule has 0 bridgehead atoms. The SMILES string of the molecule is CCNC(=NCC1(C)CCCO1)NCCCOc1cccc(OC)c1.I. The minimum absolute atomic E-state index is 0. The molecule has 1 aromatic carbocycles. The summed E-state index contributed by atoms with van der Waals surface area (Å²) in [5.74, 6) is 2.46. The van der Waals surface area contributed by atoms with Crippen LogP contribution in [-0.2, 0) is 4.74 Å². The number of halogens is 1. The fourth-order valence-corrected chi connectivity index (χ4v) is 2.71. The normalized spacial score (nSPS) is 19.6. The predicted molar refractivity (Wildman–Crippen MR) is 116 cm³/mol. The molecule has 148 valence electrons. The van der Waals surface area contributed by atoms with Crippen molar-refractivity contribution in [1.82, 2.24) is 10.6 Å². The number of aliphatic imine (C=N–C) groups is 1. The van der Waals surface area contributed by atoms with Crippen LogP contribution >= 0.6 is 24.0 Å². The maximum absolute atomic E-state index is 5.79. The van der Waals surface area contributed by atoms with E-state index >= 15 is 0 Å². The summed E-state index contributed by atoms with van der Waals surface area (Å²) >= 11 is 0. The Morgan fingerprint density at radius 1 is 1.31 bits per heavy atom. The van der Waals surface area contributed by atoms with Gasteiger partial charge in [-0.3, -0.25) is 4.99 Å². The largest absolute Gasteiger partial charge is 0.497 e. The van der Waals surface area contributed by atoms with Crippen LogP contribution in [0.5, 0.6) is 11.5 Å². The molecule has 1 fully saturated rings. The Hall–Kier alpha value is -1.22. The van der Waals surface area contributed by atoms with Crippen molar-refractivity contribution in [2.24, 2.45) is 4.99 Å². The van der Waals surface area contributed by atoms with Gasteiger partial charge < -0.3 is 24.8 Å². The van der Waals surface area contributed by atoms with E-state index in [2.05, 4.69) is 29.5 Å². The molecular weight excluding hydrogens is 445 g/mol. The molecule has 1 saturated heterocycles. The zero-order valence-electron chi connectivity index (χ0n) is 16.0. The second-order valence-electron chi connectivity index (χ2n) is 6.40. The Kier molecular flexibility index (Phi) is 10.7. The summed E-state index contributed by atoms with van der Waals surface area (Å²) in [5.41, 5.74) is -0.113. The van der Waals surface area contributed by atoms with E-state index in [9.17, 15) is 0 Å². The first kappa shape index (κ1) is 22.8. The summed E-state index contributed by atoms with van der Waals surface area (Å²) in [6.45, 7) is 8.00. The zero-order valence-corrected chi connectivity index (χ0v) is 18.4. The quantitative estimate of drug-likeness (QED) is 0.248. The van der Waals surface area contributed by atoms with Crippen LogP contribution in [0.15, 0.2) is 29.3 Å². The second kappa shape index (κ2) is 12.2. The lowest BCUT2D eigenvalue weighted by atomic mass is 10.0. The molecule has 1 aromatic rings. The van der Waals surface area contributed by atoms with E-state index in [1.165, 1.54) is 0 Å². The summed E-state index contributed by atoms with van der Waals surface area (Å²) in [7, 11) is 1.65. The van der Waals surface area contributed by atoms with Gasteiger partial charge >= 0.3 is 0 Å². The van der Waals surface area contributed by atoms with Gasteiger partial charge in [0.2, 0.25) is 0 Å². The highest BCUT2D eigenvalue weighted by molar-refractivity contribution is 14.0. The van der Waals surface area contributed by atoms with Gasteiger partial charge in [-0.05, 0) is 45.2 Å². The van der Waals surface area contributed by atoms with Gasteiger partial charge in [-0.2, -0.15) is 0 Å². The molecule has 1 unspecified atom stereocenters. The maximum Gasteiger partial charge on any atom is 0.191 e. The molecule has 1 atom stereocenters. The van der Waals surface area contributed by atoms with Crippen LogP contribution < -0.4 is 20.1 Å². The Bertz CT molecular complexity index is 549. The van der Waals surface area contributed by atoms with Crippen molar-refractivity contribution in [3.05, 3.63) is 24.3 Å². The van der Waals surface area contributed by atoms with Crippen molar-refractivity contribution in [2.75, 3.05) is 40.0 Å². The number of guanidine groups is 1. The molecule has 1 aliphatic heterocycles. The van der Waals surface area contributed by atoms with E-state index in [-0.39, 0.29) is 29.6 Å². The Morgan fingerprint density at radius 3 is 2.81 bits per heavy atom. The third kappa shape index (κ3) is 7.99. The van der Waals surface area contributed by atoms with Crippen LogP contribution in [0.3, 0.4) is 0 Å². The third-order valence-electron chi connectivity index (χ3n) is 4.14. The van der Waals surface area contributed by atoms with Crippen LogP contribution in [0.25, 0.3) is 0 Å². The highest BCUT2D eigenvalue weighted by Crippen LogP contribution is 2.25. The molecule has 1 aliphatic rings. The minimum atomic E-state index is -0.113. The first-order chi connectivity index (χ1) is 12.1. The molecule has 0 aliphatic carbocycles. The number of rotatable bonds is 9. The smallest absolute Gasteiger partial charge is 0.191 e. The first-order valence-electron chi connectivity index (χ1n) is 9.08. The van der Waals surface area contributed by atoms with Gasteiger partial charge in [-0.1, -0.05) is 6.07 Å². The van der Waals surface area contributed by atoms with Crippen LogP contribution in [0.4, 0.5) is 0 Å². The first-order valence-corrected chi connectivity index (χ1v) is 9.08. The van der Waals surface area contributed by atoms with Crippen LogP contribution in [0.2, 0.25) is 0 Å². The summed E-state index contributed by atoms with van der Waals surface area (Å²) < 4.78 is 16.7. The summed E-state index contributed by atoms with van der Waals surface area (Å²) in [4.78, 5) is 4.66. The summed E-state index contributed by atoms with van der Waals surface area (Å²) in [6.07, 6.45) is 3.08. The molecule has 1 heterocycles. The molecule has 2 N–H and O–H groups in total. The van der Waals surface area contributed by atoms with Gasteiger partial charge in [0.05, 0.1) is 25.9 Å². The van der Waals surface area contributed by atoms with Crippen molar-refractivity contribution in [3.8, 4) is 11.5 Å². The number of ether oxygens (including phenoxy) is 3. The molecule has 26 heavy (non-hydrogen) atoms. The molecule has 6 nitrogen and oxygen atoms in total. The number of nitrogens with zero attached hydrogens (tertiary/aromatic N) is 1. The molecule has 0 amide bonds. The fraction of sp³-hybridized carbons (Fsp3) is 0.632. The highest BCUT2D eigenvalue weighted by Gasteiger charge is 2.29. The van der Waals surface area contributed by atoms with Gasteiger partial charge in [0, 0.05) is 25.8 Å². The third-order valence-corrected chi connectivity index (χ3v) is 4.14. The van der Waals surface area contributed by atoms with Gasteiger partial charge in [-0.25, -0.2) is 0 Å². The Balaban J connectivity index is 0.00000338. The maximum atomic E-state index is 5.79. The van der Waals surface area contributed by atoms with Crippen molar-refractivity contribution in [1.29, 1.82) is 0 Å². The van der Waals surface area contributed by atoms with Crippen molar-refractivity contribution in [3.63, 3.8) is 0 Å². The standard InChI is InChI=1S/C19H31N3O3.HI/c1-4-20-18(22-15-19(2)10-6-13-25-19)21-11-7-12-24-17-9-5-8-16(14-17)23-3;/h5,8-9,14H,4,6-7,10-13,15H2,1-3H3,(H2,20,21,22);1H. The van der Waals surface area contributed by atoms with Crippen molar-refractivity contribution < 1.29 is 14.2 Å². The molecule has 7 heteroatoms. The Morgan fingerprint density at radius 2 is 2.12 bits per heavy atom. The van der Waals surface area contributed by atoms with Gasteiger partial charge in [-0.15, -0.1) is 24.0 Å². The van der Waals surface area contributed by atoms with E-state index in [1.54, 1.807) is 7.11 Å². The monoisotopic (exact) mass is 477 g/mol. The number of nitrogens with one attached hydrogen (secondary N) is 2. The average molecular weight is 477 g/mol. The van der Waals surface area contributed by atoms with Crippen molar-refractivity contribution >= 4 is 29.9 Å². The van der Waals surface area contributed by atoms with E-state index in [0.29, 0.717) is 13.2 Å². The lowest BCUT2D eigenvalue weighted by molar-refractivity contribution is 0.0283. The van der Waals surface area contributed by atoms with E-state index in [0.717, 1.165) is 56.4 Å².